The molecule has 1 aliphatic carbocycles. The first-order valence-electron chi connectivity index (χ1n) is 11.1. The molecule has 1 aromatic heterocycles. The number of nitrogens with one attached hydrogen (secondary N) is 1. The minimum Gasteiger partial charge on any atom is -0.426 e. The van der Waals surface area contributed by atoms with Crippen LogP contribution in [0.3, 0.4) is 0 Å². The molecule has 4 nitrogen and oxygen atoms in total. The molecule has 0 radical (unpaired) electrons. The van der Waals surface area contributed by atoms with Crippen LogP contribution in [-0.4, -0.2) is 14.9 Å². The van der Waals surface area contributed by atoms with Crippen LogP contribution < -0.4 is 10.0 Å². The Labute approximate surface area is 194 Å². The van der Waals surface area contributed by atoms with Gasteiger partial charge in [0.05, 0.1) is 16.1 Å². The maximum atomic E-state index is 9.52. The minimum absolute atomic E-state index is 0.271. The maximum absolute atomic E-state index is 9.52. The quantitative estimate of drug-likeness (QED) is 0.306. The summed E-state index contributed by atoms with van der Waals surface area (Å²) in [6.07, 6.45) is 6.63. The number of hydrogen-bond acceptors (Lipinski definition) is 3. The Morgan fingerprint density at radius 1 is 1.03 bits per heavy atom. The molecule has 5 rings (SSSR count). The molecule has 164 valence electrons. The zero-order chi connectivity index (χ0) is 22.1. The summed E-state index contributed by atoms with van der Waals surface area (Å²) in [5.41, 5.74) is 6.15. The standard InChI is InChI=1S/C26H26ClN2O2P/c1-16-7-12-20(13-25(16)32-30)31-26-28-23-14-21(22(27)15-24(23)29-26)19-10-8-18(9-11-19)17-5-3-2-4-6-17/h7-15,17,30,32H,2-6H2,1H3,(H,28,29). The summed E-state index contributed by atoms with van der Waals surface area (Å²) in [6.45, 7) is 1.97. The summed E-state index contributed by atoms with van der Waals surface area (Å²) < 4.78 is 5.91. The van der Waals surface area contributed by atoms with Gasteiger partial charge in [0.1, 0.15) is 5.75 Å². The van der Waals surface area contributed by atoms with Gasteiger partial charge < -0.3 is 14.6 Å². The first kappa shape index (κ1) is 21.5. The van der Waals surface area contributed by atoms with Gasteiger partial charge in [-0.2, -0.15) is 4.98 Å². The number of aryl methyl sites for hydroxylation is 1. The van der Waals surface area contributed by atoms with Crippen LogP contribution >= 0.6 is 20.4 Å². The Bertz CT molecular complexity index is 1250. The maximum Gasteiger partial charge on any atom is 0.300 e. The van der Waals surface area contributed by atoms with Crippen molar-refractivity contribution >= 4 is 36.7 Å². The number of aromatic amines is 1. The lowest BCUT2D eigenvalue weighted by atomic mass is 9.84. The second-order valence-corrected chi connectivity index (χ2v) is 9.71. The Hall–Kier alpha value is -2.39. The molecule has 0 amide bonds. The highest BCUT2D eigenvalue weighted by molar-refractivity contribution is 7.41. The van der Waals surface area contributed by atoms with Crippen LogP contribution in [0.15, 0.2) is 54.6 Å². The van der Waals surface area contributed by atoms with Gasteiger partial charge in [-0.15, -0.1) is 0 Å². The van der Waals surface area contributed by atoms with E-state index in [-0.39, 0.29) is 8.81 Å². The smallest absolute Gasteiger partial charge is 0.300 e. The fourth-order valence-electron chi connectivity index (χ4n) is 4.54. The van der Waals surface area contributed by atoms with E-state index in [4.69, 9.17) is 16.3 Å². The average Bonchev–Trinajstić information content (AvgIpc) is 3.21. The summed E-state index contributed by atoms with van der Waals surface area (Å²) in [6, 6.07) is 18.8. The van der Waals surface area contributed by atoms with Crippen molar-refractivity contribution in [3.8, 4) is 22.9 Å². The Balaban J connectivity index is 1.41. The van der Waals surface area contributed by atoms with Crippen LogP contribution in [0.2, 0.25) is 5.02 Å². The molecule has 4 aromatic rings. The number of fused-ring (bicyclic) bond motifs is 1. The lowest BCUT2D eigenvalue weighted by Gasteiger charge is -2.22. The van der Waals surface area contributed by atoms with Gasteiger partial charge in [0.15, 0.2) is 0 Å². The van der Waals surface area contributed by atoms with E-state index < -0.39 is 0 Å². The molecule has 6 heteroatoms. The molecule has 0 spiro atoms. The van der Waals surface area contributed by atoms with E-state index >= 15 is 0 Å². The summed E-state index contributed by atoms with van der Waals surface area (Å²) in [5.74, 6) is 1.33. The number of H-pyrrole nitrogens is 1. The highest BCUT2D eigenvalue weighted by Gasteiger charge is 2.16. The molecule has 0 aliphatic heterocycles. The first-order valence-corrected chi connectivity index (χ1v) is 12.4. The third-order valence-electron chi connectivity index (χ3n) is 6.39. The van der Waals surface area contributed by atoms with Crippen molar-refractivity contribution < 1.29 is 9.63 Å². The molecule has 32 heavy (non-hydrogen) atoms. The molecule has 1 unspecified atom stereocenters. The van der Waals surface area contributed by atoms with Gasteiger partial charge in [-0.05, 0) is 66.6 Å². The Kier molecular flexibility index (Phi) is 6.19. The Morgan fingerprint density at radius 2 is 1.81 bits per heavy atom. The molecule has 2 N–H and O–H groups in total. The number of nitrogens with zero attached hydrogens (tertiary/aromatic N) is 1. The molecule has 1 fully saturated rings. The number of halogens is 1. The van der Waals surface area contributed by atoms with Gasteiger partial charge in [0.25, 0.3) is 6.01 Å². The predicted molar refractivity (Wildman–Crippen MR) is 134 cm³/mol. The van der Waals surface area contributed by atoms with Gasteiger partial charge in [-0.1, -0.05) is 61.2 Å². The first-order chi connectivity index (χ1) is 15.6. The van der Waals surface area contributed by atoms with Crippen molar-refractivity contribution in [3.05, 3.63) is 70.7 Å². The van der Waals surface area contributed by atoms with E-state index in [0.29, 0.717) is 22.7 Å². The zero-order valence-corrected chi connectivity index (χ0v) is 19.7. The molecular weight excluding hydrogens is 439 g/mol. The fourth-order valence-corrected chi connectivity index (χ4v) is 5.28. The lowest BCUT2D eigenvalue weighted by Crippen LogP contribution is -2.04. The van der Waals surface area contributed by atoms with Crippen molar-refractivity contribution in [2.24, 2.45) is 0 Å². The van der Waals surface area contributed by atoms with E-state index in [1.807, 2.05) is 37.3 Å². The molecule has 0 bridgehead atoms. The SMILES string of the molecule is Cc1ccc(Oc2nc3cc(-c4ccc(C5CCCCC5)cc4)c(Cl)cc3[nH]2)cc1PO. The number of hydrogen-bond donors (Lipinski definition) is 2. The van der Waals surface area contributed by atoms with Crippen LogP contribution in [0, 0.1) is 6.92 Å². The highest BCUT2D eigenvalue weighted by Crippen LogP contribution is 2.36. The van der Waals surface area contributed by atoms with Crippen molar-refractivity contribution in [2.45, 2.75) is 44.9 Å². The van der Waals surface area contributed by atoms with E-state index in [1.165, 1.54) is 37.7 Å². The zero-order valence-electron chi connectivity index (χ0n) is 18.0. The molecule has 1 heterocycles. The molecular formula is C26H26ClN2O2P. The normalized spacial score (nSPS) is 15.1. The van der Waals surface area contributed by atoms with Gasteiger partial charge in [-0.3, -0.25) is 0 Å². The number of benzene rings is 3. The third-order valence-corrected chi connectivity index (χ3v) is 7.48. The fraction of sp³-hybridized carbons (Fsp3) is 0.269. The van der Waals surface area contributed by atoms with Gasteiger partial charge in [-0.25, -0.2) is 0 Å². The molecule has 0 saturated heterocycles. The van der Waals surface area contributed by atoms with Gasteiger partial charge >= 0.3 is 0 Å². The van der Waals surface area contributed by atoms with Crippen molar-refractivity contribution in [1.82, 2.24) is 9.97 Å². The lowest BCUT2D eigenvalue weighted by molar-refractivity contribution is 0.443. The van der Waals surface area contributed by atoms with Crippen LogP contribution in [0.25, 0.3) is 22.2 Å². The number of ether oxygens (including phenoxy) is 1. The largest absolute Gasteiger partial charge is 0.426 e. The van der Waals surface area contributed by atoms with E-state index in [2.05, 4.69) is 34.2 Å². The van der Waals surface area contributed by atoms with Gasteiger partial charge in [0.2, 0.25) is 0 Å². The van der Waals surface area contributed by atoms with Crippen LogP contribution in [0.1, 0.15) is 49.1 Å². The molecule has 1 atom stereocenters. The molecule has 3 aromatic carbocycles. The van der Waals surface area contributed by atoms with Crippen molar-refractivity contribution in [1.29, 1.82) is 0 Å². The summed E-state index contributed by atoms with van der Waals surface area (Å²) in [4.78, 5) is 17.3. The second-order valence-electron chi connectivity index (χ2n) is 8.54. The summed E-state index contributed by atoms with van der Waals surface area (Å²) in [5, 5.41) is 1.54. The Morgan fingerprint density at radius 3 is 2.56 bits per heavy atom. The van der Waals surface area contributed by atoms with Crippen LogP contribution in [0.5, 0.6) is 11.8 Å². The number of aromatic nitrogens is 2. The van der Waals surface area contributed by atoms with Crippen LogP contribution in [-0.2, 0) is 0 Å². The topological polar surface area (TPSA) is 58.1 Å². The molecule has 1 aliphatic rings. The van der Waals surface area contributed by atoms with Crippen molar-refractivity contribution in [3.63, 3.8) is 0 Å². The van der Waals surface area contributed by atoms with E-state index in [1.54, 1.807) is 0 Å². The van der Waals surface area contributed by atoms with Crippen LogP contribution in [0.4, 0.5) is 0 Å². The minimum atomic E-state index is -0.271. The van der Waals surface area contributed by atoms with E-state index in [0.717, 1.165) is 33.0 Å². The number of imidazole rings is 1. The third kappa shape index (κ3) is 4.41. The van der Waals surface area contributed by atoms with Gasteiger partial charge in [0, 0.05) is 19.7 Å². The summed E-state index contributed by atoms with van der Waals surface area (Å²) >= 11 is 6.64. The van der Waals surface area contributed by atoms with Crippen molar-refractivity contribution in [2.75, 3.05) is 0 Å². The summed E-state index contributed by atoms with van der Waals surface area (Å²) in [7, 11) is -0.271. The highest BCUT2D eigenvalue weighted by atomic mass is 35.5. The molecule has 1 saturated carbocycles. The second kappa shape index (κ2) is 9.23. The number of rotatable bonds is 5. The van der Waals surface area contributed by atoms with E-state index in [9.17, 15) is 4.89 Å². The monoisotopic (exact) mass is 464 g/mol. The average molecular weight is 465 g/mol. The predicted octanol–water partition coefficient (Wildman–Crippen LogP) is 7.24.